The Kier molecular flexibility index (Phi) is 6.89. The van der Waals surface area contributed by atoms with Crippen LogP contribution in [0.2, 0.25) is 5.02 Å². The number of aryl methyl sites for hydroxylation is 1. The highest BCUT2D eigenvalue weighted by Gasteiger charge is 2.26. The zero-order chi connectivity index (χ0) is 22.7. The molecule has 7 heteroatoms. The van der Waals surface area contributed by atoms with Crippen LogP contribution in [-0.2, 0) is 0 Å². The smallest absolute Gasteiger partial charge is 0.323 e. The van der Waals surface area contributed by atoms with Gasteiger partial charge in [0.1, 0.15) is 0 Å². The second kappa shape index (κ2) is 9.82. The van der Waals surface area contributed by atoms with Crippen LogP contribution in [0.15, 0.2) is 36.4 Å². The molecule has 2 aromatic rings. The van der Waals surface area contributed by atoms with Gasteiger partial charge in [-0.05, 0) is 74.4 Å². The molecule has 0 saturated carbocycles. The lowest BCUT2D eigenvalue weighted by atomic mass is 9.97. The van der Waals surface area contributed by atoms with Gasteiger partial charge < -0.3 is 20.4 Å². The van der Waals surface area contributed by atoms with E-state index >= 15 is 0 Å². The van der Waals surface area contributed by atoms with Crippen molar-refractivity contribution in [2.24, 2.45) is 5.92 Å². The van der Waals surface area contributed by atoms with Crippen LogP contribution in [0.3, 0.4) is 0 Å². The van der Waals surface area contributed by atoms with Gasteiger partial charge in [-0.2, -0.15) is 0 Å². The minimum atomic E-state index is -0.371. The van der Waals surface area contributed by atoms with Crippen LogP contribution >= 0.6 is 11.6 Å². The predicted molar refractivity (Wildman–Crippen MR) is 131 cm³/mol. The fraction of sp³-hybridized carbons (Fsp3) is 0.440. The highest BCUT2D eigenvalue weighted by atomic mass is 35.5. The third-order valence-corrected chi connectivity index (χ3v) is 6.84. The Balaban J connectivity index is 1.54. The molecule has 0 spiro atoms. The van der Waals surface area contributed by atoms with Gasteiger partial charge in [0, 0.05) is 48.3 Å². The maximum atomic E-state index is 13.3. The first-order valence-electron chi connectivity index (χ1n) is 11.4. The Morgan fingerprint density at radius 1 is 0.938 bits per heavy atom. The highest BCUT2D eigenvalue weighted by Crippen LogP contribution is 2.30. The number of rotatable bonds is 4. The lowest BCUT2D eigenvalue weighted by molar-refractivity contribution is 0.0793. The van der Waals surface area contributed by atoms with Crippen molar-refractivity contribution < 1.29 is 9.59 Å². The molecule has 0 radical (unpaired) electrons. The summed E-state index contributed by atoms with van der Waals surface area (Å²) in [5, 5.41) is 6.27. The Morgan fingerprint density at radius 3 is 2.22 bits per heavy atom. The van der Waals surface area contributed by atoms with E-state index in [1.165, 1.54) is 0 Å². The van der Waals surface area contributed by atoms with Crippen molar-refractivity contribution in [3.63, 3.8) is 0 Å². The molecule has 2 fully saturated rings. The van der Waals surface area contributed by atoms with E-state index in [0.29, 0.717) is 27.9 Å². The van der Waals surface area contributed by atoms with Gasteiger partial charge in [0.2, 0.25) is 0 Å². The molecule has 4 rings (SSSR count). The summed E-state index contributed by atoms with van der Waals surface area (Å²) >= 11 is 6.16. The summed E-state index contributed by atoms with van der Waals surface area (Å²) in [5.41, 5.74) is 3.79. The summed E-state index contributed by atoms with van der Waals surface area (Å²) in [6.07, 6.45) is 4.33. The van der Waals surface area contributed by atoms with Gasteiger partial charge in [0.25, 0.3) is 5.91 Å². The maximum Gasteiger partial charge on any atom is 0.323 e. The number of urea groups is 1. The molecule has 2 aromatic carbocycles. The van der Waals surface area contributed by atoms with Crippen molar-refractivity contribution in [2.75, 3.05) is 41.7 Å². The lowest BCUT2D eigenvalue weighted by Crippen LogP contribution is -2.35. The number of nitrogens with zero attached hydrogens (tertiary/aromatic N) is 2. The molecule has 6 nitrogen and oxygen atoms in total. The average molecular weight is 455 g/mol. The number of piperidine rings is 1. The van der Waals surface area contributed by atoms with Crippen LogP contribution < -0.4 is 15.5 Å². The molecule has 2 N–H and O–H groups in total. The number of benzene rings is 2. The summed E-state index contributed by atoms with van der Waals surface area (Å²) in [6, 6.07) is 10.7. The highest BCUT2D eigenvalue weighted by molar-refractivity contribution is 6.31. The second-order valence-electron chi connectivity index (χ2n) is 8.94. The number of carbonyl (C=O) groups is 2. The minimum absolute atomic E-state index is 0.0468. The number of hydrogen-bond donors (Lipinski definition) is 2. The Bertz CT molecular complexity index is 995. The monoisotopic (exact) mass is 454 g/mol. The number of carbonyl (C=O) groups excluding carboxylic acids is 2. The van der Waals surface area contributed by atoms with Crippen LogP contribution in [0.5, 0.6) is 0 Å². The number of hydrogen-bond acceptors (Lipinski definition) is 3. The molecule has 2 heterocycles. The van der Waals surface area contributed by atoms with Crippen molar-refractivity contribution in [3.05, 3.63) is 52.5 Å². The number of amides is 3. The van der Waals surface area contributed by atoms with Crippen LogP contribution in [0.1, 0.15) is 48.5 Å². The third-order valence-electron chi connectivity index (χ3n) is 6.43. The Labute approximate surface area is 194 Å². The zero-order valence-corrected chi connectivity index (χ0v) is 19.5. The van der Waals surface area contributed by atoms with Gasteiger partial charge in [0.05, 0.1) is 5.56 Å². The molecular weight excluding hydrogens is 424 g/mol. The molecule has 0 aromatic heterocycles. The molecule has 0 atom stereocenters. The van der Waals surface area contributed by atoms with Crippen molar-refractivity contribution in [1.82, 2.24) is 4.90 Å². The van der Waals surface area contributed by atoms with Crippen LogP contribution in [-0.4, -0.2) is 43.0 Å². The van der Waals surface area contributed by atoms with Gasteiger partial charge in [-0.1, -0.05) is 24.6 Å². The maximum absolute atomic E-state index is 13.3. The molecule has 0 unspecified atom stereocenters. The molecule has 170 valence electrons. The largest absolute Gasteiger partial charge is 0.371 e. The standard InChI is InChI=1S/C25H31ClN4O2/c1-17-9-13-29(14-10-17)23-8-7-19(15-21(23)24(31)30-11-3-4-12-30)27-25(32)28-20-6-5-18(2)22(26)16-20/h5-8,15-17H,3-4,9-14H2,1-2H3,(H2,27,28,32). The molecule has 2 aliphatic rings. The average Bonchev–Trinajstić information content (AvgIpc) is 3.31. The molecule has 0 bridgehead atoms. The van der Waals surface area contributed by atoms with E-state index in [9.17, 15) is 9.59 Å². The Hall–Kier alpha value is -2.73. The van der Waals surface area contributed by atoms with Gasteiger partial charge in [-0.25, -0.2) is 4.79 Å². The fourth-order valence-electron chi connectivity index (χ4n) is 4.36. The molecule has 2 aliphatic heterocycles. The fourth-order valence-corrected chi connectivity index (χ4v) is 4.55. The first-order valence-corrected chi connectivity index (χ1v) is 11.8. The molecule has 0 aliphatic carbocycles. The number of anilines is 3. The topological polar surface area (TPSA) is 64.7 Å². The molecular formula is C25H31ClN4O2. The normalized spacial score (nSPS) is 16.8. The first kappa shape index (κ1) is 22.5. The van der Waals surface area contributed by atoms with Crippen molar-refractivity contribution >= 4 is 40.6 Å². The predicted octanol–water partition coefficient (Wildman–Crippen LogP) is 5.76. The van der Waals surface area contributed by atoms with Gasteiger partial charge >= 0.3 is 6.03 Å². The molecule has 32 heavy (non-hydrogen) atoms. The van der Waals surface area contributed by atoms with E-state index in [-0.39, 0.29) is 11.9 Å². The zero-order valence-electron chi connectivity index (χ0n) is 18.8. The number of likely N-dealkylation sites (tertiary alicyclic amines) is 1. The van der Waals surface area contributed by atoms with Crippen molar-refractivity contribution in [3.8, 4) is 0 Å². The summed E-state index contributed by atoms with van der Waals surface area (Å²) < 4.78 is 0. The third kappa shape index (κ3) is 5.18. The quantitative estimate of drug-likeness (QED) is 0.616. The van der Waals surface area contributed by atoms with E-state index in [1.807, 2.05) is 42.2 Å². The van der Waals surface area contributed by atoms with Crippen LogP contribution in [0.25, 0.3) is 0 Å². The summed E-state index contributed by atoms with van der Waals surface area (Å²) in [6.45, 7) is 7.67. The summed E-state index contributed by atoms with van der Waals surface area (Å²) in [4.78, 5) is 30.1. The van der Waals surface area contributed by atoms with Crippen LogP contribution in [0.4, 0.5) is 21.9 Å². The lowest BCUT2D eigenvalue weighted by Gasteiger charge is -2.34. The van der Waals surface area contributed by atoms with Crippen LogP contribution in [0, 0.1) is 12.8 Å². The minimum Gasteiger partial charge on any atom is -0.371 e. The van der Waals surface area contributed by atoms with Gasteiger partial charge in [-0.15, -0.1) is 0 Å². The van der Waals surface area contributed by atoms with E-state index in [0.717, 1.165) is 63.1 Å². The number of nitrogens with one attached hydrogen (secondary N) is 2. The van der Waals surface area contributed by atoms with E-state index in [2.05, 4.69) is 22.5 Å². The summed E-state index contributed by atoms with van der Waals surface area (Å²) in [5.74, 6) is 0.759. The van der Waals surface area contributed by atoms with E-state index in [1.54, 1.807) is 6.07 Å². The Morgan fingerprint density at radius 2 is 1.56 bits per heavy atom. The molecule has 2 saturated heterocycles. The first-order chi connectivity index (χ1) is 15.4. The molecule has 3 amide bonds. The van der Waals surface area contributed by atoms with Crippen molar-refractivity contribution in [1.29, 1.82) is 0 Å². The van der Waals surface area contributed by atoms with Crippen molar-refractivity contribution in [2.45, 2.75) is 39.5 Å². The van der Waals surface area contributed by atoms with Gasteiger partial charge in [-0.3, -0.25) is 4.79 Å². The SMILES string of the molecule is Cc1ccc(NC(=O)Nc2ccc(N3CCC(C)CC3)c(C(=O)N3CCCC3)c2)cc1Cl. The van der Waals surface area contributed by atoms with E-state index < -0.39 is 0 Å². The van der Waals surface area contributed by atoms with E-state index in [4.69, 9.17) is 11.6 Å². The summed E-state index contributed by atoms with van der Waals surface area (Å²) in [7, 11) is 0. The van der Waals surface area contributed by atoms with Gasteiger partial charge in [0.15, 0.2) is 0 Å². The second-order valence-corrected chi connectivity index (χ2v) is 9.35. The number of halogens is 1.